The van der Waals surface area contributed by atoms with Crippen LogP contribution in [-0.2, 0) is 4.79 Å². The Hall–Kier alpha value is -3.19. The van der Waals surface area contributed by atoms with Gasteiger partial charge in [0, 0.05) is 16.5 Å². The first-order valence-corrected chi connectivity index (χ1v) is 9.18. The molecule has 1 heterocycles. The molecule has 3 aromatic rings. The summed E-state index contributed by atoms with van der Waals surface area (Å²) >= 11 is 1.32. The molecule has 0 atom stereocenters. The van der Waals surface area contributed by atoms with Crippen LogP contribution in [0.15, 0.2) is 53.9 Å². The molecule has 0 aliphatic carbocycles. The largest absolute Gasteiger partial charge is 0.496 e. The van der Waals surface area contributed by atoms with Gasteiger partial charge < -0.3 is 15.4 Å². The van der Waals surface area contributed by atoms with Crippen molar-refractivity contribution >= 4 is 28.3 Å². The minimum absolute atomic E-state index is 0.129. The number of amides is 2. The first kappa shape index (κ1) is 18.6. The summed E-state index contributed by atoms with van der Waals surface area (Å²) in [5.74, 6) is 0.0883. The zero-order valence-electron chi connectivity index (χ0n) is 15.0. The van der Waals surface area contributed by atoms with E-state index >= 15 is 0 Å². The Balaban J connectivity index is 1.62. The molecule has 0 spiro atoms. The maximum Gasteiger partial charge on any atom is 0.251 e. The number of nitrogens with one attached hydrogen (secondary N) is 2. The zero-order chi connectivity index (χ0) is 19.2. The Labute approximate surface area is 161 Å². The van der Waals surface area contributed by atoms with E-state index in [1.807, 2.05) is 36.6 Å². The van der Waals surface area contributed by atoms with Crippen molar-refractivity contribution in [2.45, 2.75) is 6.92 Å². The summed E-state index contributed by atoms with van der Waals surface area (Å²) in [5.41, 5.74) is 3.19. The average Bonchev–Trinajstić information content (AvgIpc) is 3.15. The van der Waals surface area contributed by atoms with Gasteiger partial charge in [-0.2, -0.15) is 0 Å². The van der Waals surface area contributed by atoms with Crippen molar-refractivity contribution < 1.29 is 14.3 Å². The Morgan fingerprint density at radius 3 is 2.67 bits per heavy atom. The molecule has 2 aromatic carbocycles. The third-order valence-corrected chi connectivity index (χ3v) is 4.58. The normalized spacial score (nSPS) is 10.3. The Morgan fingerprint density at radius 1 is 1.15 bits per heavy atom. The van der Waals surface area contributed by atoms with Crippen LogP contribution >= 0.6 is 11.3 Å². The van der Waals surface area contributed by atoms with Gasteiger partial charge in [-0.15, -0.1) is 11.3 Å². The van der Waals surface area contributed by atoms with Crippen LogP contribution in [0.1, 0.15) is 15.9 Å². The maximum absolute atomic E-state index is 12.1. The molecular formula is C20H19N3O3S. The molecule has 2 amide bonds. The van der Waals surface area contributed by atoms with E-state index in [2.05, 4.69) is 15.6 Å². The van der Waals surface area contributed by atoms with Crippen LogP contribution in [0, 0.1) is 6.92 Å². The van der Waals surface area contributed by atoms with E-state index in [1.165, 1.54) is 11.3 Å². The van der Waals surface area contributed by atoms with Crippen LogP contribution < -0.4 is 15.4 Å². The first-order valence-electron chi connectivity index (χ1n) is 8.30. The number of aromatic nitrogens is 1. The smallest absolute Gasteiger partial charge is 0.251 e. The number of benzene rings is 2. The van der Waals surface area contributed by atoms with Gasteiger partial charge in [0.1, 0.15) is 5.75 Å². The van der Waals surface area contributed by atoms with Crippen molar-refractivity contribution in [3.63, 3.8) is 0 Å². The predicted molar refractivity (Wildman–Crippen MR) is 106 cm³/mol. The van der Waals surface area contributed by atoms with Crippen molar-refractivity contribution in [3.05, 3.63) is 65.0 Å². The Kier molecular flexibility index (Phi) is 5.83. The number of hydrogen-bond donors (Lipinski definition) is 2. The fourth-order valence-electron chi connectivity index (χ4n) is 2.49. The molecule has 27 heavy (non-hydrogen) atoms. The summed E-state index contributed by atoms with van der Waals surface area (Å²) < 4.78 is 5.38. The number of methoxy groups -OCH3 is 1. The minimum Gasteiger partial charge on any atom is -0.496 e. The van der Waals surface area contributed by atoms with Gasteiger partial charge in [-0.25, -0.2) is 4.98 Å². The van der Waals surface area contributed by atoms with Crippen LogP contribution in [0.4, 0.5) is 5.13 Å². The number of nitrogens with zero attached hydrogens (tertiary/aromatic N) is 1. The third kappa shape index (κ3) is 4.71. The molecule has 0 fully saturated rings. The van der Waals surface area contributed by atoms with Gasteiger partial charge in [0.15, 0.2) is 5.13 Å². The van der Waals surface area contributed by atoms with Crippen LogP contribution in [0.25, 0.3) is 11.3 Å². The van der Waals surface area contributed by atoms with E-state index in [0.29, 0.717) is 10.7 Å². The molecule has 1 aromatic heterocycles. The highest BCUT2D eigenvalue weighted by Crippen LogP contribution is 2.32. The van der Waals surface area contributed by atoms with Gasteiger partial charge in [0.05, 0.1) is 19.3 Å². The van der Waals surface area contributed by atoms with E-state index in [0.717, 1.165) is 22.6 Å². The number of rotatable bonds is 6. The van der Waals surface area contributed by atoms with Crippen LogP contribution in [-0.4, -0.2) is 30.5 Å². The lowest BCUT2D eigenvalue weighted by Crippen LogP contribution is -2.32. The SMILES string of the molecule is COc1ccc(C)cc1-c1csc(NC(=O)CNC(=O)c2ccccc2)n1. The van der Waals surface area contributed by atoms with Crippen molar-refractivity contribution in [1.82, 2.24) is 10.3 Å². The highest BCUT2D eigenvalue weighted by atomic mass is 32.1. The van der Waals surface area contributed by atoms with Crippen molar-refractivity contribution in [3.8, 4) is 17.0 Å². The fraction of sp³-hybridized carbons (Fsp3) is 0.150. The topological polar surface area (TPSA) is 80.3 Å². The standard InChI is InChI=1S/C20H19N3O3S/c1-13-8-9-17(26-2)15(10-13)16-12-27-20(22-16)23-18(24)11-21-19(25)14-6-4-3-5-7-14/h3-10,12H,11H2,1-2H3,(H,21,25)(H,22,23,24). The number of hydrogen-bond acceptors (Lipinski definition) is 5. The lowest BCUT2D eigenvalue weighted by molar-refractivity contribution is -0.115. The van der Waals surface area contributed by atoms with Crippen LogP contribution in [0.2, 0.25) is 0 Å². The lowest BCUT2D eigenvalue weighted by atomic mass is 10.1. The number of aryl methyl sites for hydroxylation is 1. The lowest BCUT2D eigenvalue weighted by Gasteiger charge is -2.07. The summed E-state index contributed by atoms with van der Waals surface area (Å²) in [6, 6.07) is 14.6. The molecule has 6 nitrogen and oxygen atoms in total. The molecule has 0 aliphatic rings. The first-order chi connectivity index (χ1) is 13.1. The Bertz CT molecular complexity index is 954. The van der Waals surface area contributed by atoms with Crippen molar-refractivity contribution in [1.29, 1.82) is 0 Å². The molecule has 0 radical (unpaired) electrons. The van der Waals surface area contributed by atoms with Crippen LogP contribution in [0.3, 0.4) is 0 Å². The van der Waals surface area contributed by atoms with Crippen LogP contribution in [0.5, 0.6) is 5.75 Å². The summed E-state index contributed by atoms with van der Waals surface area (Å²) in [6.45, 7) is 1.86. The molecule has 138 valence electrons. The summed E-state index contributed by atoms with van der Waals surface area (Å²) in [4.78, 5) is 28.5. The average molecular weight is 381 g/mol. The van der Waals surface area contributed by atoms with E-state index in [1.54, 1.807) is 31.4 Å². The number of thiazole rings is 1. The molecule has 2 N–H and O–H groups in total. The number of carbonyl (C=O) groups is 2. The molecule has 3 rings (SSSR count). The molecule has 0 saturated heterocycles. The number of anilines is 1. The van der Waals surface area contributed by atoms with Gasteiger partial charge in [0.2, 0.25) is 5.91 Å². The molecule has 0 bridgehead atoms. The highest BCUT2D eigenvalue weighted by Gasteiger charge is 2.13. The third-order valence-electron chi connectivity index (χ3n) is 3.83. The van der Waals surface area contributed by atoms with E-state index in [9.17, 15) is 9.59 Å². The predicted octanol–water partition coefficient (Wildman–Crippen LogP) is 3.50. The fourth-order valence-corrected chi connectivity index (χ4v) is 3.22. The molecule has 0 unspecified atom stereocenters. The molecular weight excluding hydrogens is 362 g/mol. The molecule has 0 aliphatic heterocycles. The number of carbonyl (C=O) groups excluding carboxylic acids is 2. The highest BCUT2D eigenvalue weighted by molar-refractivity contribution is 7.14. The van der Waals surface area contributed by atoms with Crippen molar-refractivity contribution in [2.24, 2.45) is 0 Å². The zero-order valence-corrected chi connectivity index (χ0v) is 15.8. The van der Waals surface area contributed by atoms with Gasteiger partial charge in [-0.1, -0.05) is 29.8 Å². The summed E-state index contributed by atoms with van der Waals surface area (Å²) in [7, 11) is 1.61. The Morgan fingerprint density at radius 2 is 1.93 bits per heavy atom. The van der Waals surface area contributed by atoms with E-state index in [-0.39, 0.29) is 18.4 Å². The summed E-state index contributed by atoms with van der Waals surface area (Å²) in [5, 5.41) is 7.61. The van der Waals surface area contributed by atoms with Gasteiger partial charge in [-0.3, -0.25) is 9.59 Å². The maximum atomic E-state index is 12.1. The van der Waals surface area contributed by atoms with Gasteiger partial charge in [-0.05, 0) is 31.2 Å². The second-order valence-electron chi connectivity index (χ2n) is 5.84. The van der Waals surface area contributed by atoms with E-state index in [4.69, 9.17) is 4.74 Å². The second-order valence-corrected chi connectivity index (χ2v) is 6.70. The molecule has 7 heteroatoms. The van der Waals surface area contributed by atoms with Gasteiger partial charge in [0.25, 0.3) is 5.91 Å². The van der Waals surface area contributed by atoms with E-state index < -0.39 is 0 Å². The number of ether oxygens (including phenoxy) is 1. The quantitative estimate of drug-likeness (QED) is 0.685. The van der Waals surface area contributed by atoms with Crippen molar-refractivity contribution in [2.75, 3.05) is 19.0 Å². The minimum atomic E-state index is -0.337. The summed E-state index contributed by atoms with van der Waals surface area (Å²) in [6.07, 6.45) is 0. The second kappa shape index (κ2) is 8.46. The molecule has 0 saturated carbocycles. The monoisotopic (exact) mass is 381 g/mol. The van der Waals surface area contributed by atoms with Gasteiger partial charge >= 0.3 is 0 Å².